The van der Waals surface area contributed by atoms with Crippen LogP contribution in [0.2, 0.25) is 0 Å². The molecule has 0 spiro atoms. The Balaban J connectivity index is 2.21. The van der Waals surface area contributed by atoms with Gasteiger partial charge >= 0.3 is 6.09 Å². The minimum Gasteiger partial charge on any atom is -0.444 e. The van der Waals surface area contributed by atoms with Gasteiger partial charge in [0.25, 0.3) is 0 Å². The fourth-order valence-corrected chi connectivity index (χ4v) is 2.37. The van der Waals surface area contributed by atoms with Crippen molar-refractivity contribution in [3.63, 3.8) is 0 Å². The van der Waals surface area contributed by atoms with E-state index in [0.717, 1.165) is 5.56 Å². The Morgan fingerprint density at radius 3 is 2.50 bits per heavy atom. The number of likely N-dealkylation sites (tertiary alicyclic amines) is 1. The van der Waals surface area contributed by atoms with Crippen LogP contribution in [0.25, 0.3) is 0 Å². The van der Waals surface area contributed by atoms with Crippen molar-refractivity contribution < 1.29 is 14.3 Å². The average Bonchev–Trinajstić information content (AvgIpc) is 2.37. The van der Waals surface area contributed by atoms with E-state index in [1.807, 2.05) is 51.1 Å². The smallest absolute Gasteiger partial charge is 0.411 e. The predicted octanol–water partition coefficient (Wildman–Crippen LogP) is 3.33. The Bertz CT molecular complexity index is 490. The standard InChI is InChI=1S/C16H21NO3/c1-16(2,3)20-15(19)17-11-13(18)9-10-14(17)12-7-5-4-6-8-12/h4-8,14H,9-11H2,1-3H3. The summed E-state index contributed by atoms with van der Waals surface area (Å²) in [6, 6.07) is 9.71. The molecule has 108 valence electrons. The molecule has 1 heterocycles. The Hall–Kier alpha value is -1.84. The molecular formula is C16H21NO3. The predicted molar refractivity (Wildman–Crippen MR) is 76.4 cm³/mol. The van der Waals surface area contributed by atoms with E-state index in [9.17, 15) is 9.59 Å². The van der Waals surface area contributed by atoms with Crippen molar-refractivity contribution in [2.24, 2.45) is 0 Å². The van der Waals surface area contributed by atoms with Crippen LogP contribution in [0.3, 0.4) is 0 Å². The van der Waals surface area contributed by atoms with E-state index in [-0.39, 0.29) is 18.4 Å². The second-order valence-corrected chi connectivity index (χ2v) is 6.11. The number of Topliss-reactive ketones (excluding diaryl/α,β-unsaturated/α-hetero) is 1. The molecule has 4 nitrogen and oxygen atoms in total. The van der Waals surface area contributed by atoms with Crippen LogP contribution in [-0.2, 0) is 9.53 Å². The molecule has 0 saturated carbocycles. The monoisotopic (exact) mass is 275 g/mol. The van der Waals surface area contributed by atoms with Crippen LogP contribution < -0.4 is 0 Å². The molecule has 4 heteroatoms. The van der Waals surface area contributed by atoms with E-state index in [1.165, 1.54) is 0 Å². The molecule has 1 aliphatic heterocycles. The topological polar surface area (TPSA) is 46.6 Å². The number of ketones is 1. The maximum Gasteiger partial charge on any atom is 0.411 e. The maximum atomic E-state index is 12.3. The van der Waals surface area contributed by atoms with Crippen molar-refractivity contribution in [2.75, 3.05) is 6.54 Å². The number of amides is 1. The van der Waals surface area contributed by atoms with Gasteiger partial charge in [0, 0.05) is 6.42 Å². The first-order chi connectivity index (χ1) is 9.37. The van der Waals surface area contributed by atoms with Gasteiger partial charge in [-0.2, -0.15) is 0 Å². The average molecular weight is 275 g/mol. The highest BCUT2D eigenvalue weighted by molar-refractivity contribution is 5.85. The van der Waals surface area contributed by atoms with E-state index < -0.39 is 11.7 Å². The number of nitrogens with zero attached hydrogens (tertiary/aromatic N) is 1. The lowest BCUT2D eigenvalue weighted by molar-refractivity contribution is -0.123. The first-order valence-electron chi connectivity index (χ1n) is 6.93. The third kappa shape index (κ3) is 3.59. The zero-order valence-electron chi connectivity index (χ0n) is 12.3. The summed E-state index contributed by atoms with van der Waals surface area (Å²) >= 11 is 0. The zero-order valence-corrected chi connectivity index (χ0v) is 12.3. The molecule has 0 bridgehead atoms. The summed E-state index contributed by atoms with van der Waals surface area (Å²) in [4.78, 5) is 25.5. The van der Waals surface area contributed by atoms with Gasteiger partial charge in [-0.05, 0) is 32.8 Å². The molecule has 0 aromatic heterocycles. The van der Waals surface area contributed by atoms with Gasteiger partial charge in [-0.25, -0.2) is 4.79 Å². The van der Waals surface area contributed by atoms with Crippen LogP contribution in [0.1, 0.15) is 45.2 Å². The molecular weight excluding hydrogens is 254 g/mol. The molecule has 1 aromatic rings. The highest BCUT2D eigenvalue weighted by Gasteiger charge is 2.34. The molecule has 2 rings (SSSR count). The number of rotatable bonds is 1. The minimum atomic E-state index is -0.557. The summed E-state index contributed by atoms with van der Waals surface area (Å²) in [6.45, 7) is 5.62. The molecule has 1 atom stereocenters. The first kappa shape index (κ1) is 14.6. The van der Waals surface area contributed by atoms with E-state index in [4.69, 9.17) is 4.74 Å². The van der Waals surface area contributed by atoms with Crippen LogP contribution >= 0.6 is 0 Å². The summed E-state index contributed by atoms with van der Waals surface area (Å²) < 4.78 is 5.41. The van der Waals surface area contributed by atoms with Crippen molar-refractivity contribution in [3.05, 3.63) is 35.9 Å². The molecule has 20 heavy (non-hydrogen) atoms. The third-order valence-corrected chi connectivity index (χ3v) is 3.23. The maximum absolute atomic E-state index is 12.3. The van der Waals surface area contributed by atoms with Crippen LogP contribution in [-0.4, -0.2) is 28.9 Å². The van der Waals surface area contributed by atoms with Gasteiger partial charge in [-0.3, -0.25) is 9.69 Å². The van der Waals surface area contributed by atoms with Crippen molar-refractivity contribution in [2.45, 2.75) is 45.3 Å². The molecule has 1 saturated heterocycles. The summed E-state index contributed by atoms with van der Waals surface area (Å²) in [5.41, 5.74) is 0.490. The zero-order chi connectivity index (χ0) is 14.8. The fourth-order valence-electron chi connectivity index (χ4n) is 2.37. The molecule has 1 fully saturated rings. The van der Waals surface area contributed by atoms with Crippen LogP contribution in [0.4, 0.5) is 4.79 Å². The molecule has 1 amide bonds. The largest absolute Gasteiger partial charge is 0.444 e. The van der Waals surface area contributed by atoms with Crippen molar-refractivity contribution in [3.8, 4) is 0 Å². The molecule has 0 aliphatic carbocycles. The summed E-state index contributed by atoms with van der Waals surface area (Å²) in [7, 11) is 0. The summed E-state index contributed by atoms with van der Waals surface area (Å²) in [5, 5.41) is 0. The lowest BCUT2D eigenvalue weighted by atomic mass is 9.95. The van der Waals surface area contributed by atoms with Crippen LogP contribution in [0.15, 0.2) is 30.3 Å². The lowest BCUT2D eigenvalue weighted by Gasteiger charge is -2.36. The van der Waals surface area contributed by atoms with Gasteiger partial charge in [0.05, 0.1) is 12.6 Å². The van der Waals surface area contributed by atoms with E-state index in [2.05, 4.69) is 0 Å². The first-order valence-corrected chi connectivity index (χ1v) is 6.93. The van der Waals surface area contributed by atoms with E-state index in [0.29, 0.717) is 12.8 Å². The lowest BCUT2D eigenvalue weighted by Crippen LogP contribution is -2.45. The van der Waals surface area contributed by atoms with Gasteiger partial charge in [0.1, 0.15) is 5.60 Å². The van der Waals surface area contributed by atoms with Gasteiger partial charge < -0.3 is 4.74 Å². The number of carbonyl (C=O) groups is 2. The minimum absolute atomic E-state index is 0.0799. The number of piperidine rings is 1. The van der Waals surface area contributed by atoms with Crippen LogP contribution in [0.5, 0.6) is 0 Å². The van der Waals surface area contributed by atoms with Gasteiger partial charge in [-0.15, -0.1) is 0 Å². The second-order valence-electron chi connectivity index (χ2n) is 6.11. The Morgan fingerprint density at radius 1 is 1.25 bits per heavy atom. The number of ether oxygens (including phenoxy) is 1. The number of benzene rings is 1. The highest BCUT2D eigenvalue weighted by atomic mass is 16.6. The SMILES string of the molecule is CC(C)(C)OC(=O)N1CC(=O)CCC1c1ccccc1. The Labute approximate surface area is 119 Å². The molecule has 0 radical (unpaired) electrons. The van der Waals surface area contributed by atoms with Gasteiger partial charge in [0.2, 0.25) is 0 Å². The fraction of sp³-hybridized carbons (Fsp3) is 0.500. The van der Waals surface area contributed by atoms with E-state index in [1.54, 1.807) is 4.90 Å². The van der Waals surface area contributed by atoms with Crippen LogP contribution in [0, 0.1) is 0 Å². The number of carbonyl (C=O) groups excluding carboxylic acids is 2. The quantitative estimate of drug-likeness (QED) is 0.789. The normalized spacial score (nSPS) is 19.9. The number of hydrogen-bond acceptors (Lipinski definition) is 3. The Morgan fingerprint density at radius 2 is 1.90 bits per heavy atom. The van der Waals surface area contributed by atoms with Crippen molar-refractivity contribution >= 4 is 11.9 Å². The summed E-state index contributed by atoms with van der Waals surface area (Å²) in [6.07, 6.45) is 0.750. The van der Waals surface area contributed by atoms with Crippen molar-refractivity contribution in [1.29, 1.82) is 0 Å². The highest BCUT2D eigenvalue weighted by Crippen LogP contribution is 2.30. The van der Waals surface area contributed by atoms with Crippen molar-refractivity contribution in [1.82, 2.24) is 4.90 Å². The van der Waals surface area contributed by atoms with Gasteiger partial charge in [0.15, 0.2) is 5.78 Å². The van der Waals surface area contributed by atoms with Gasteiger partial charge in [-0.1, -0.05) is 30.3 Å². The molecule has 0 N–H and O–H groups in total. The molecule has 1 aromatic carbocycles. The number of hydrogen-bond donors (Lipinski definition) is 0. The summed E-state index contributed by atoms with van der Waals surface area (Å²) in [5.74, 6) is 0.0861. The molecule has 1 unspecified atom stereocenters. The third-order valence-electron chi connectivity index (χ3n) is 3.23. The second kappa shape index (κ2) is 5.65. The Kier molecular flexibility index (Phi) is 4.12. The molecule has 1 aliphatic rings. The van der Waals surface area contributed by atoms with E-state index >= 15 is 0 Å².